The fourth-order valence-corrected chi connectivity index (χ4v) is 0.583. The van der Waals surface area contributed by atoms with E-state index in [0.29, 0.717) is 0 Å². The van der Waals surface area contributed by atoms with E-state index in [1.54, 1.807) is 6.20 Å². The van der Waals surface area contributed by atoms with E-state index in [1.165, 1.54) is 5.57 Å². The first-order valence-corrected chi connectivity index (χ1v) is 3.73. The third kappa shape index (κ3) is 4.07. The summed E-state index contributed by atoms with van der Waals surface area (Å²) in [6.07, 6.45) is 8.74. The van der Waals surface area contributed by atoms with Crippen molar-refractivity contribution in [2.24, 2.45) is 4.99 Å². The number of hydrogen-bond donors (Lipinski definition) is 0. The molecule has 0 fully saturated rings. The molecule has 0 saturated carbocycles. The molecule has 1 aliphatic rings. The summed E-state index contributed by atoms with van der Waals surface area (Å²) in [5.41, 5.74) is 1.36. The molecule has 1 nitrogen and oxygen atoms in total. The molecule has 0 atom stereocenters. The molecule has 56 valence electrons. The molecule has 1 heteroatoms. The van der Waals surface area contributed by atoms with Crippen LogP contribution in [0.25, 0.3) is 0 Å². The number of hydrogen-bond acceptors (Lipinski definition) is 1. The summed E-state index contributed by atoms with van der Waals surface area (Å²) in [7, 11) is 0. The lowest BCUT2D eigenvalue weighted by molar-refractivity contribution is 1.29. The lowest BCUT2D eigenvalue weighted by Crippen LogP contribution is -1.73. The van der Waals surface area contributed by atoms with Gasteiger partial charge in [-0.1, -0.05) is 25.5 Å². The van der Waals surface area contributed by atoms with E-state index in [1.807, 2.05) is 26.1 Å². The molecule has 0 aliphatic carbocycles. The van der Waals surface area contributed by atoms with Crippen LogP contribution in [0.2, 0.25) is 0 Å². The molecule has 0 aromatic carbocycles. The molecule has 0 N–H and O–H groups in total. The average molecular weight is 137 g/mol. The fourth-order valence-electron chi connectivity index (χ4n) is 0.583. The van der Waals surface area contributed by atoms with Crippen molar-refractivity contribution in [2.75, 3.05) is 0 Å². The van der Waals surface area contributed by atoms with Crippen molar-refractivity contribution in [1.82, 2.24) is 0 Å². The van der Waals surface area contributed by atoms with Crippen LogP contribution < -0.4 is 0 Å². The summed E-state index contributed by atoms with van der Waals surface area (Å²) in [5.74, 6) is 0. The highest BCUT2D eigenvalue weighted by atomic mass is 14.7. The van der Waals surface area contributed by atoms with Crippen LogP contribution in [-0.2, 0) is 0 Å². The van der Waals surface area contributed by atoms with Crippen molar-refractivity contribution in [3.63, 3.8) is 0 Å². The SMILES string of the molecule is CC.CC1=CC=CN=CC1. The molecule has 0 bridgehead atoms. The molecule has 0 saturated heterocycles. The maximum Gasteiger partial charge on any atom is 0.0263 e. The van der Waals surface area contributed by atoms with Gasteiger partial charge >= 0.3 is 0 Å². The van der Waals surface area contributed by atoms with Crippen LogP contribution in [0, 0.1) is 0 Å². The van der Waals surface area contributed by atoms with Crippen LogP contribution in [0.5, 0.6) is 0 Å². The third-order valence-corrected chi connectivity index (χ3v) is 1.07. The number of allylic oxidation sites excluding steroid dienone is 3. The molecule has 0 unspecified atom stereocenters. The van der Waals surface area contributed by atoms with Gasteiger partial charge in [-0.25, -0.2) is 0 Å². The largest absolute Gasteiger partial charge is 0.269 e. The summed E-state index contributed by atoms with van der Waals surface area (Å²) >= 11 is 0. The molecule has 0 amide bonds. The Kier molecular flexibility index (Phi) is 5.74. The predicted molar refractivity (Wildman–Crippen MR) is 47.4 cm³/mol. The van der Waals surface area contributed by atoms with Crippen molar-refractivity contribution in [1.29, 1.82) is 0 Å². The maximum absolute atomic E-state index is 3.96. The van der Waals surface area contributed by atoms with Crippen LogP contribution in [0.3, 0.4) is 0 Å². The average Bonchev–Trinajstić information content (AvgIpc) is 2.21. The summed E-state index contributed by atoms with van der Waals surface area (Å²) in [6.45, 7) is 6.10. The Morgan fingerprint density at radius 2 is 2.10 bits per heavy atom. The normalized spacial score (nSPS) is 14.9. The van der Waals surface area contributed by atoms with Gasteiger partial charge in [-0.15, -0.1) is 0 Å². The quantitative estimate of drug-likeness (QED) is 0.486. The second kappa shape index (κ2) is 6.27. The molecule has 10 heavy (non-hydrogen) atoms. The first kappa shape index (κ1) is 9.15. The fraction of sp³-hybridized carbons (Fsp3) is 0.444. The molecule has 1 heterocycles. The van der Waals surface area contributed by atoms with Crippen molar-refractivity contribution >= 4 is 6.21 Å². The van der Waals surface area contributed by atoms with E-state index in [9.17, 15) is 0 Å². The van der Waals surface area contributed by atoms with Crippen LogP contribution in [0.15, 0.2) is 28.9 Å². The smallest absolute Gasteiger partial charge is 0.0263 e. The minimum Gasteiger partial charge on any atom is -0.269 e. The predicted octanol–water partition coefficient (Wildman–Crippen LogP) is 2.95. The zero-order chi connectivity index (χ0) is 7.82. The van der Waals surface area contributed by atoms with Gasteiger partial charge in [0.05, 0.1) is 0 Å². The van der Waals surface area contributed by atoms with Crippen LogP contribution in [0.4, 0.5) is 0 Å². The van der Waals surface area contributed by atoms with Crippen LogP contribution in [-0.4, -0.2) is 6.21 Å². The summed E-state index contributed by atoms with van der Waals surface area (Å²) < 4.78 is 0. The highest BCUT2D eigenvalue weighted by molar-refractivity contribution is 5.62. The minimum atomic E-state index is 0.993. The summed E-state index contributed by atoms with van der Waals surface area (Å²) in [5, 5.41) is 0. The van der Waals surface area contributed by atoms with E-state index in [4.69, 9.17) is 0 Å². The third-order valence-electron chi connectivity index (χ3n) is 1.07. The Balaban J connectivity index is 0.000000371. The Bertz CT molecular complexity index is 152. The van der Waals surface area contributed by atoms with Crippen LogP contribution >= 0.6 is 0 Å². The molecule has 0 spiro atoms. The molecular weight excluding hydrogens is 122 g/mol. The molecule has 0 aromatic heterocycles. The van der Waals surface area contributed by atoms with Gasteiger partial charge in [-0.2, -0.15) is 0 Å². The highest BCUT2D eigenvalue weighted by Gasteiger charge is 1.84. The Hall–Kier alpha value is -0.850. The van der Waals surface area contributed by atoms with Crippen LogP contribution in [0.1, 0.15) is 27.2 Å². The summed E-state index contributed by atoms with van der Waals surface area (Å²) in [6, 6.07) is 0. The van der Waals surface area contributed by atoms with Crippen molar-refractivity contribution in [3.05, 3.63) is 23.9 Å². The molecule has 1 rings (SSSR count). The van der Waals surface area contributed by atoms with Crippen molar-refractivity contribution in [3.8, 4) is 0 Å². The Morgan fingerprint density at radius 3 is 2.80 bits per heavy atom. The van der Waals surface area contributed by atoms with Gasteiger partial charge < -0.3 is 0 Å². The number of rotatable bonds is 0. The van der Waals surface area contributed by atoms with Gasteiger partial charge in [-0.3, -0.25) is 4.99 Å². The lowest BCUT2D eigenvalue weighted by Gasteiger charge is -1.85. The standard InChI is InChI=1S/C7H9N.C2H6/c1-7-3-2-5-8-6-4-7;1-2/h2-3,5-6H,4H2,1H3;1-2H3. The van der Waals surface area contributed by atoms with E-state index < -0.39 is 0 Å². The van der Waals surface area contributed by atoms with E-state index in [2.05, 4.69) is 18.0 Å². The Morgan fingerprint density at radius 1 is 1.40 bits per heavy atom. The first-order chi connectivity index (χ1) is 4.89. The highest BCUT2D eigenvalue weighted by Crippen LogP contribution is 1.99. The topological polar surface area (TPSA) is 12.4 Å². The maximum atomic E-state index is 3.96. The van der Waals surface area contributed by atoms with E-state index in [-0.39, 0.29) is 0 Å². The molecular formula is C9H15N. The minimum absolute atomic E-state index is 0.993. The van der Waals surface area contributed by atoms with Gasteiger partial charge in [-0.05, 0) is 13.0 Å². The zero-order valence-corrected chi connectivity index (χ0v) is 6.96. The van der Waals surface area contributed by atoms with Gasteiger partial charge in [0.1, 0.15) is 0 Å². The Labute approximate surface area is 63.2 Å². The van der Waals surface area contributed by atoms with Crippen molar-refractivity contribution in [2.45, 2.75) is 27.2 Å². The second-order valence-electron chi connectivity index (χ2n) is 1.89. The van der Waals surface area contributed by atoms with Gasteiger partial charge in [0.15, 0.2) is 0 Å². The number of aliphatic imine (C=N–C) groups is 1. The first-order valence-electron chi connectivity index (χ1n) is 3.73. The molecule has 0 aromatic rings. The number of nitrogens with zero attached hydrogens (tertiary/aromatic N) is 1. The van der Waals surface area contributed by atoms with E-state index >= 15 is 0 Å². The van der Waals surface area contributed by atoms with Gasteiger partial charge in [0.25, 0.3) is 0 Å². The van der Waals surface area contributed by atoms with Crippen molar-refractivity contribution < 1.29 is 0 Å². The summed E-state index contributed by atoms with van der Waals surface area (Å²) in [4.78, 5) is 3.96. The molecule has 0 radical (unpaired) electrons. The second-order valence-corrected chi connectivity index (χ2v) is 1.89. The molecule has 1 aliphatic heterocycles. The van der Waals surface area contributed by atoms with Gasteiger partial charge in [0.2, 0.25) is 0 Å². The van der Waals surface area contributed by atoms with Gasteiger partial charge in [0, 0.05) is 18.8 Å². The lowest BCUT2D eigenvalue weighted by atomic mass is 10.2. The van der Waals surface area contributed by atoms with E-state index in [0.717, 1.165) is 6.42 Å². The zero-order valence-electron chi connectivity index (χ0n) is 6.96. The monoisotopic (exact) mass is 137 g/mol.